The van der Waals surface area contributed by atoms with E-state index in [2.05, 4.69) is 33.7 Å². The molecule has 1 aromatic rings. The Balaban J connectivity index is 2.04. The molecule has 1 aliphatic heterocycles. The molecule has 1 aromatic heterocycles. The van der Waals surface area contributed by atoms with Crippen LogP contribution in [-0.4, -0.2) is 45.1 Å². The number of morpholine rings is 1. The molecule has 0 unspecified atom stereocenters. The molecule has 0 aromatic carbocycles. The van der Waals surface area contributed by atoms with E-state index in [1.165, 1.54) is 0 Å². The zero-order chi connectivity index (χ0) is 12.4. The Labute approximate surface area is 100 Å². The van der Waals surface area contributed by atoms with Crippen LogP contribution in [0.25, 0.3) is 0 Å². The van der Waals surface area contributed by atoms with E-state index in [4.69, 9.17) is 16.2 Å². The van der Waals surface area contributed by atoms with Crippen molar-refractivity contribution in [2.45, 2.75) is 32.6 Å². The molecule has 0 radical (unpaired) electrons. The molecule has 17 heavy (non-hydrogen) atoms. The monoisotopic (exact) mass is 238 g/mol. The van der Waals surface area contributed by atoms with Crippen molar-refractivity contribution in [2.75, 3.05) is 24.6 Å². The van der Waals surface area contributed by atoms with Crippen LogP contribution in [0.2, 0.25) is 0 Å². The Hall–Kier alpha value is -1.47. The van der Waals surface area contributed by atoms with E-state index in [1.54, 1.807) is 0 Å². The number of hydrogen-bond donors (Lipinski definition) is 2. The summed E-state index contributed by atoms with van der Waals surface area (Å²) in [5.74, 6) is 0.944. The summed E-state index contributed by atoms with van der Waals surface area (Å²) in [5.41, 5.74) is 11.1. The fourth-order valence-electron chi connectivity index (χ4n) is 2.14. The maximum Gasteiger partial charge on any atom is 0.225 e. The molecule has 1 saturated heterocycles. The van der Waals surface area contributed by atoms with Gasteiger partial charge >= 0.3 is 0 Å². The van der Waals surface area contributed by atoms with Crippen molar-refractivity contribution < 1.29 is 4.74 Å². The van der Waals surface area contributed by atoms with Gasteiger partial charge in [-0.3, -0.25) is 4.90 Å². The van der Waals surface area contributed by atoms with Gasteiger partial charge in [-0.2, -0.15) is 15.0 Å². The molecule has 0 aliphatic carbocycles. The standard InChI is InChI=1S/C10H18N6O/c1-6-3-16(4-7(2)17-6)5-8-13-9(11)15-10(12)14-8/h6-7H,3-5H2,1-2H3,(H4,11,12,13,14,15)/t6-,7-/m0/s1. The molecule has 2 rings (SSSR count). The number of hydrogen-bond acceptors (Lipinski definition) is 7. The highest BCUT2D eigenvalue weighted by Gasteiger charge is 2.22. The highest BCUT2D eigenvalue weighted by Crippen LogP contribution is 2.13. The third-order valence-electron chi connectivity index (χ3n) is 2.58. The summed E-state index contributed by atoms with van der Waals surface area (Å²) in [5, 5.41) is 0. The smallest absolute Gasteiger partial charge is 0.225 e. The number of aromatic nitrogens is 3. The Morgan fingerprint density at radius 2 is 1.65 bits per heavy atom. The lowest BCUT2D eigenvalue weighted by molar-refractivity contribution is -0.0710. The Morgan fingerprint density at radius 1 is 1.12 bits per heavy atom. The van der Waals surface area contributed by atoms with Crippen LogP contribution in [0.4, 0.5) is 11.9 Å². The predicted octanol–water partition coefficient (Wildman–Crippen LogP) is -0.355. The molecule has 4 N–H and O–H groups in total. The van der Waals surface area contributed by atoms with Crippen molar-refractivity contribution in [1.29, 1.82) is 0 Å². The first-order chi connectivity index (χ1) is 8.02. The van der Waals surface area contributed by atoms with Gasteiger partial charge in [0.25, 0.3) is 0 Å². The van der Waals surface area contributed by atoms with Crippen LogP contribution in [0.5, 0.6) is 0 Å². The maximum atomic E-state index is 5.66. The number of rotatable bonds is 2. The Bertz CT molecular complexity index is 368. The lowest BCUT2D eigenvalue weighted by Gasteiger charge is -2.34. The third-order valence-corrected chi connectivity index (χ3v) is 2.58. The Morgan fingerprint density at radius 3 is 2.18 bits per heavy atom. The molecule has 0 saturated carbocycles. The van der Waals surface area contributed by atoms with Crippen molar-refractivity contribution in [3.8, 4) is 0 Å². The zero-order valence-corrected chi connectivity index (χ0v) is 10.1. The average Bonchev–Trinajstić information content (AvgIpc) is 2.13. The van der Waals surface area contributed by atoms with Gasteiger partial charge in [-0.1, -0.05) is 0 Å². The molecule has 0 spiro atoms. The predicted molar refractivity (Wildman–Crippen MR) is 63.9 cm³/mol. The van der Waals surface area contributed by atoms with Crippen molar-refractivity contribution in [1.82, 2.24) is 19.9 Å². The fourth-order valence-corrected chi connectivity index (χ4v) is 2.14. The van der Waals surface area contributed by atoms with E-state index in [0.29, 0.717) is 12.4 Å². The molecule has 2 heterocycles. The van der Waals surface area contributed by atoms with Crippen molar-refractivity contribution in [3.63, 3.8) is 0 Å². The number of nitrogen functional groups attached to an aromatic ring is 2. The van der Waals surface area contributed by atoms with Gasteiger partial charge in [0, 0.05) is 13.1 Å². The van der Waals surface area contributed by atoms with Crippen LogP contribution in [0.1, 0.15) is 19.7 Å². The summed E-state index contributed by atoms with van der Waals surface area (Å²) in [6, 6.07) is 0. The SMILES string of the molecule is C[C@H]1CN(Cc2nc(N)nc(N)n2)C[C@H](C)O1. The molecule has 1 aliphatic rings. The molecule has 0 amide bonds. The number of anilines is 2. The second-order valence-corrected chi connectivity index (χ2v) is 4.42. The fraction of sp³-hybridized carbons (Fsp3) is 0.700. The second-order valence-electron chi connectivity index (χ2n) is 4.42. The van der Waals surface area contributed by atoms with E-state index in [9.17, 15) is 0 Å². The van der Waals surface area contributed by atoms with Crippen LogP contribution >= 0.6 is 0 Å². The van der Waals surface area contributed by atoms with Gasteiger partial charge in [-0.05, 0) is 13.8 Å². The molecule has 0 bridgehead atoms. The molecular weight excluding hydrogens is 220 g/mol. The zero-order valence-electron chi connectivity index (χ0n) is 10.1. The van der Waals surface area contributed by atoms with Gasteiger partial charge in [0.1, 0.15) is 5.82 Å². The van der Waals surface area contributed by atoms with Gasteiger partial charge in [0.05, 0.1) is 18.8 Å². The first kappa shape index (κ1) is 12.0. The summed E-state index contributed by atoms with van der Waals surface area (Å²) in [7, 11) is 0. The van der Waals surface area contributed by atoms with Crippen LogP contribution in [0.15, 0.2) is 0 Å². The molecule has 1 fully saturated rings. The van der Waals surface area contributed by atoms with Gasteiger partial charge < -0.3 is 16.2 Å². The van der Waals surface area contributed by atoms with E-state index in [-0.39, 0.29) is 24.1 Å². The number of nitrogens with zero attached hydrogens (tertiary/aromatic N) is 4. The summed E-state index contributed by atoms with van der Waals surface area (Å²) >= 11 is 0. The molecular formula is C10H18N6O. The van der Waals surface area contributed by atoms with E-state index in [0.717, 1.165) is 13.1 Å². The first-order valence-corrected chi connectivity index (χ1v) is 5.66. The van der Waals surface area contributed by atoms with Crippen LogP contribution in [0.3, 0.4) is 0 Å². The van der Waals surface area contributed by atoms with Gasteiger partial charge in [0.2, 0.25) is 11.9 Å². The van der Waals surface area contributed by atoms with E-state index >= 15 is 0 Å². The minimum absolute atomic E-state index is 0.168. The highest BCUT2D eigenvalue weighted by atomic mass is 16.5. The third kappa shape index (κ3) is 3.24. The largest absolute Gasteiger partial charge is 0.373 e. The van der Waals surface area contributed by atoms with Crippen molar-refractivity contribution >= 4 is 11.9 Å². The summed E-state index contributed by atoms with van der Waals surface area (Å²) in [6.45, 7) is 6.44. The molecule has 7 heteroatoms. The summed E-state index contributed by atoms with van der Waals surface area (Å²) in [6.07, 6.45) is 0.436. The Kier molecular flexibility index (Phi) is 3.39. The lowest BCUT2D eigenvalue weighted by Crippen LogP contribution is -2.45. The van der Waals surface area contributed by atoms with Gasteiger partial charge in [-0.25, -0.2) is 0 Å². The van der Waals surface area contributed by atoms with E-state index in [1.807, 2.05) is 0 Å². The number of nitrogens with two attached hydrogens (primary N) is 2. The molecule has 94 valence electrons. The highest BCUT2D eigenvalue weighted by molar-refractivity contribution is 5.25. The van der Waals surface area contributed by atoms with Crippen LogP contribution in [-0.2, 0) is 11.3 Å². The molecule has 2 atom stereocenters. The second kappa shape index (κ2) is 4.80. The minimum atomic E-state index is 0.168. The quantitative estimate of drug-likeness (QED) is 0.725. The van der Waals surface area contributed by atoms with E-state index < -0.39 is 0 Å². The average molecular weight is 238 g/mol. The van der Waals surface area contributed by atoms with Crippen LogP contribution in [0, 0.1) is 0 Å². The molecule has 7 nitrogen and oxygen atoms in total. The normalized spacial score (nSPS) is 26.0. The summed E-state index contributed by atoms with van der Waals surface area (Å²) < 4.78 is 5.66. The van der Waals surface area contributed by atoms with Crippen molar-refractivity contribution in [3.05, 3.63) is 5.82 Å². The first-order valence-electron chi connectivity index (χ1n) is 5.66. The van der Waals surface area contributed by atoms with Crippen LogP contribution < -0.4 is 11.5 Å². The lowest BCUT2D eigenvalue weighted by atomic mass is 10.2. The van der Waals surface area contributed by atoms with Gasteiger partial charge in [0.15, 0.2) is 0 Å². The topological polar surface area (TPSA) is 103 Å². The van der Waals surface area contributed by atoms with Gasteiger partial charge in [-0.15, -0.1) is 0 Å². The summed E-state index contributed by atoms with van der Waals surface area (Å²) in [4.78, 5) is 14.1. The minimum Gasteiger partial charge on any atom is -0.373 e. The maximum absolute atomic E-state index is 5.66. The number of ether oxygens (including phenoxy) is 1. The van der Waals surface area contributed by atoms with Crippen molar-refractivity contribution in [2.24, 2.45) is 0 Å².